The molecule has 0 N–H and O–H groups in total. The van der Waals surface area contributed by atoms with Crippen molar-refractivity contribution in [2.75, 3.05) is 13.2 Å². The molecule has 0 aliphatic carbocycles. The summed E-state index contributed by atoms with van der Waals surface area (Å²) in [5.41, 5.74) is 1.17. The normalized spacial score (nSPS) is 9.00. The van der Waals surface area contributed by atoms with Gasteiger partial charge in [0, 0.05) is 5.57 Å². The number of rotatable bonds is 5. The highest BCUT2D eigenvalue weighted by molar-refractivity contribution is 5.86. The molecule has 0 unspecified atom stereocenters. The van der Waals surface area contributed by atoms with Gasteiger partial charge in [0.05, 0.1) is 18.2 Å². The minimum absolute atomic E-state index is 0.211. The van der Waals surface area contributed by atoms with Crippen LogP contribution >= 0.6 is 0 Å². The highest BCUT2D eigenvalue weighted by atomic mass is 16.5. The van der Waals surface area contributed by atoms with Crippen molar-refractivity contribution in [2.45, 2.75) is 6.92 Å². The zero-order valence-electron chi connectivity index (χ0n) is 9.72. The van der Waals surface area contributed by atoms with Crippen molar-refractivity contribution in [3.05, 3.63) is 42.5 Å². The summed E-state index contributed by atoms with van der Waals surface area (Å²) >= 11 is 0. The average Bonchev–Trinajstić information content (AvgIpc) is 2.34. The quantitative estimate of drug-likeness (QED) is 0.338. The predicted molar refractivity (Wildman–Crippen MR) is 66.6 cm³/mol. The average molecular weight is 230 g/mol. The Morgan fingerprint density at radius 1 is 1.41 bits per heavy atom. The standard InChI is InChI=1S/C13H14N2O2/c1-11(2)13(16)17-9-8-14-10-15-12-6-4-3-5-7-12/h3-7H,1,8-9H2,2H3. The maximum absolute atomic E-state index is 11.0. The minimum atomic E-state index is -0.403. The fourth-order valence-electron chi connectivity index (χ4n) is 0.953. The van der Waals surface area contributed by atoms with Gasteiger partial charge in [-0.15, -0.1) is 0 Å². The van der Waals surface area contributed by atoms with Crippen molar-refractivity contribution in [3.63, 3.8) is 0 Å². The summed E-state index contributed by atoms with van der Waals surface area (Å²) in [6, 6.07) is 11.9. The largest absolute Gasteiger partial charge is 0.460 e. The number of benzene rings is 1. The van der Waals surface area contributed by atoms with E-state index >= 15 is 0 Å². The van der Waals surface area contributed by atoms with Crippen molar-refractivity contribution >= 4 is 17.7 Å². The van der Waals surface area contributed by atoms with Gasteiger partial charge in [-0.3, -0.25) is 0 Å². The molecular formula is C13H14N2O2. The van der Waals surface area contributed by atoms with Crippen LogP contribution in [0, 0.1) is 0 Å². The first-order valence-electron chi connectivity index (χ1n) is 5.20. The Morgan fingerprint density at radius 2 is 2.12 bits per heavy atom. The van der Waals surface area contributed by atoms with Crippen molar-refractivity contribution in [2.24, 2.45) is 9.98 Å². The van der Waals surface area contributed by atoms with Crippen LogP contribution in [0.25, 0.3) is 0 Å². The van der Waals surface area contributed by atoms with Gasteiger partial charge < -0.3 is 4.74 Å². The highest BCUT2D eigenvalue weighted by Gasteiger charge is 2.00. The molecule has 1 rings (SSSR count). The molecule has 17 heavy (non-hydrogen) atoms. The van der Waals surface area contributed by atoms with E-state index in [-0.39, 0.29) is 6.61 Å². The van der Waals surface area contributed by atoms with Gasteiger partial charge in [-0.05, 0) is 19.1 Å². The summed E-state index contributed by atoms with van der Waals surface area (Å²) in [7, 11) is 0. The van der Waals surface area contributed by atoms with Gasteiger partial charge in [0.25, 0.3) is 0 Å². The summed E-state index contributed by atoms with van der Waals surface area (Å²) in [6.45, 7) is 5.62. The van der Waals surface area contributed by atoms with Crippen LogP contribution in [0.4, 0.5) is 5.69 Å². The molecule has 4 nitrogen and oxygen atoms in total. The van der Waals surface area contributed by atoms with E-state index in [0.717, 1.165) is 5.69 Å². The van der Waals surface area contributed by atoms with Crippen LogP contribution in [0.1, 0.15) is 6.92 Å². The maximum atomic E-state index is 11.0. The van der Waals surface area contributed by atoms with Gasteiger partial charge in [0.1, 0.15) is 6.61 Å². The molecule has 0 fully saturated rings. The molecule has 1 aromatic rings. The number of aliphatic imine (C=N–C) groups is 2. The van der Waals surface area contributed by atoms with Crippen molar-refractivity contribution in [1.29, 1.82) is 0 Å². The Labute approximate surface area is 100 Å². The van der Waals surface area contributed by atoms with Crippen LogP contribution in [0.5, 0.6) is 0 Å². The topological polar surface area (TPSA) is 51.0 Å². The lowest BCUT2D eigenvalue weighted by Crippen LogP contribution is -2.07. The van der Waals surface area contributed by atoms with E-state index in [0.29, 0.717) is 12.1 Å². The Hall–Kier alpha value is -2.19. The number of ether oxygens (including phenoxy) is 1. The van der Waals surface area contributed by atoms with Crippen molar-refractivity contribution in [1.82, 2.24) is 0 Å². The molecule has 4 heteroatoms. The molecule has 0 bridgehead atoms. The molecule has 88 valence electrons. The first-order chi connectivity index (χ1) is 8.20. The van der Waals surface area contributed by atoms with Crippen LogP contribution in [-0.2, 0) is 9.53 Å². The molecule has 0 aliphatic rings. The fourth-order valence-corrected chi connectivity index (χ4v) is 0.953. The van der Waals surface area contributed by atoms with Gasteiger partial charge in [0.2, 0.25) is 0 Å². The number of esters is 1. The van der Waals surface area contributed by atoms with Crippen LogP contribution in [0.2, 0.25) is 0 Å². The fraction of sp³-hybridized carbons (Fsp3) is 0.231. The Morgan fingerprint density at radius 3 is 2.76 bits per heavy atom. The van der Waals surface area contributed by atoms with E-state index in [9.17, 15) is 4.79 Å². The van der Waals surface area contributed by atoms with E-state index < -0.39 is 5.97 Å². The van der Waals surface area contributed by atoms with E-state index in [1.807, 2.05) is 30.3 Å². The smallest absolute Gasteiger partial charge is 0.333 e. The lowest BCUT2D eigenvalue weighted by atomic mass is 10.3. The molecule has 0 heterocycles. The number of nitrogens with zero attached hydrogens (tertiary/aromatic N) is 2. The Balaban J connectivity index is 2.29. The van der Waals surface area contributed by atoms with E-state index in [1.54, 1.807) is 6.92 Å². The van der Waals surface area contributed by atoms with Gasteiger partial charge in [-0.2, -0.15) is 4.99 Å². The number of carbonyl (C=O) groups excluding carboxylic acids is 1. The second kappa shape index (κ2) is 7.14. The lowest BCUT2D eigenvalue weighted by molar-refractivity contribution is -0.138. The van der Waals surface area contributed by atoms with E-state index in [4.69, 9.17) is 4.74 Å². The molecule has 0 radical (unpaired) electrons. The Bertz CT molecular complexity index is 446. The molecule has 1 aromatic carbocycles. The third-order valence-electron chi connectivity index (χ3n) is 1.79. The molecule has 0 spiro atoms. The van der Waals surface area contributed by atoms with Gasteiger partial charge in [-0.1, -0.05) is 24.8 Å². The third-order valence-corrected chi connectivity index (χ3v) is 1.79. The minimum Gasteiger partial charge on any atom is -0.460 e. The number of hydrogen-bond acceptors (Lipinski definition) is 4. The summed E-state index contributed by atoms with van der Waals surface area (Å²) in [6.07, 6.45) is 0. The monoisotopic (exact) mass is 230 g/mol. The van der Waals surface area contributed by atoms with Crippen molar-refractivity contribution < 1.29 is 9.53 Å². The maximum Gasteiger partial charge on any atom is 0.333 e. The molecular weight excluding hydrogens is 216 g/mol. The van der Waals surface area contributed by atoms with Crippen molar-refractivity contribution in [3.8, 4) is 0 Å². The van der Waals surface area contributed by atoms with Crippen LogP contribution in [0.15, 0.2) is 52.5 Å². The van der Waals surface area contributed by atoms with Gasteiger partial charge >= 0.3 is 5.97 Å². The van der Waals surface area contributed by atoms with E-state index in [2.05, 4.69) is 22.6 Å². The summed E-state index contributed by atoms with van der Waals surface area (Å²) in [4.78, 5) is 18.8. The third kappa shape index (κ3) is 5.44. The zero-order chi connectivity index (χ0) is 12.5. The van der Waals surface area contributed by atoms with E-state index in [1.165, 1.54) is 0 Å². The molecule has 0 aliphatic heterocycles. The van der Waals surface area contributed by atoms with Gasteiger partial charge in [-0.25, -0.2) is 9.79 Å². The summed E-state index contributed by atoms with van der Waals surface area (Å²) in [5, 5.41) is 0. The van der Waals surface area contributed by atoms with Crippen LogP contribution in [-0.4, -0.2) is 25.1 Å². The second-order valence-electron chi connectivity index (χ2n) is 3.35. The lowest BCUT2D eigenvalue weighted by Gasteiger charge is -1.99. The Kier molecular flexibility index (Phi) is 5.41. The summed E-state index contributed by atoms with van der Waals surface area (Å²) in [5.74, 6) is -0.403. The van der Waals surface area contributed by atoms with Gasteiger partial charge in [0.15, 0.2) is 0 Å². The predicted octanol–water partition coefficient (Wildman–Crippen LogP) is 2.61. The molecule has 0 saturated heterocycles. The molecule has 0 atom stereocenters. The number of para-hydroxylation sites is 1. The first kappa shape index (κ1) is 12.9. The SMILES string of the molecule is C=C(C)C(=O)OCCN=C=Nc1ccccc1. The first-order valence-corrected chi connectivity index (χ1v) is 5.20. The zero-order valence-corrected chi connectivity index (χ0v) is 9.72. The highest BCUT2D eigenvalue weighted by Crippen LogP contribution is 2.07. The number of hydrogen-bond donors (Lipinski definition) is 0. The summed E-state index contributed by atoms with van der Waals surface area (Å²) < 4.78 is 4.84. The van der Waals surface area contributed by atoms with Crippen LogP contribution in [0.3, 0.4) is 0 Å². The molecule has 0 saturated carbocycles. The second-order valence-corrected chi connectivity index (χ2v) is 3.35. The van der Waals surface area contributed by atoms with Crippen LogP contribution < -0.4 is 0 Å². The molecule has 0 amide bonds. The molecule has 0 aromatic heterocycles. The number of carbonyl (C=O) groups is 1.